The molecule has 168 valence electrons. The van der Waals surface area contributed by atoms with Gasteiger partial charge in [0, 0.05) is 38.9 Å². The summed E-state index contributed by atoms with van der Waals surface area (Å²) in [5.41, 5.74) is 1.89. The number of carbonyl (C=O) groups is 1. The lowest BCUT2D eigenvalue weighted by atomic mass is 10.2. The van der Waals surface area contributed by atoms with Crippen molar-refractivity contribution >= 4 is 53.1 Å². The highest BCUT2D eigenvalue weighted by Crippen LogP contribution is 2.25. The van der Waals surface area contributed by atoms with E-state index in [-0.39, 0.29) is 47.5 Å². The maximum Gasteiger partial charge on any atom is 0.241 e. The smallest absolute Gasteiger partial charge is 0.241 e. The van der Waals surface area contributed by atoms with Gasteiger partial charge in [-0.05, 0) is 30.2 Å². The second-order valence-electron chi connectivity index (χ2n) is 7.47. The molecule has 0 radical (unpaired) electrons. The quantitative estimate of drug-likeness (QED) is 0.323. The van der Waals surface area contributed by atoms with Gasteiger partial charge in [-0.2, -0.15) is 0 Å². The van der Waals surface area contributed by atoms with Crippen molar-refractivity contribution in [2.75, 3.05) is 38.6 Å². The number of amides is 1. The van der Waals surface area contributed by atoms with Crippen LogP contribution < -0.4 is 15.5 Å². The van der Waals surface area contributed by atoms with E-state index < -0.39 is 5.82 Å². The Kier molecular flexibility index (Phi) is 9.83. The van der Waals surface area contributed by atoms with Crippen molar-refractivity contribution in [2.24, 2.45) is 4.99 Å². The molecule has 1 amide bonds. The third-order valence-corrected chi connectivity index (χ3v) is 5.27. The average molecular weight is 560 g/mol. The van der Waals surface area contributed by atoms with Crippen LogP contribution in [0.1, 0.15) is 12.0 Å². The molecule has 0 bridgehead atoms. The summed E-state index contributed by atoms with van der Waals surface area (Å²) in [4.78, 5) is 20.3. The molecular formula is C22H28ClFIN5O. The zero-order valence-corrected chi connectivity index (χ0v) is 20.7. The van der Waals surface area contributed by atoms with Crippen molar-refractivity contribution in [3.63, 3.8) is 0 Å². The minimum atomic E-state index is -0.417. The standard InChI is InChI=1S/C22H27ClFN5O.HI/c1-28(2)21(30)14-26-22(25-13-16-6-4-3-5-7-16)27-17-10-11-29(15-17)18-8-9-19(23)20(24)12-18;/h3-9,12,17H,10-11,13-15H2,1-2H3,(H2,25,26,27);1H. The highest BCUT2D eigenvalue weighted by Gasteiger charge is 2.24. The number of likely N-dealkylation sites (N-methyl/N-ethyl adjacent to an activating group) is 1. The molecule has 9 heteroatoms. The van der Waals surface area contributed by atoms with Gasteiger partial charge in [-0.25, -0.2) is 9.38 Å². The van der Waals surface area contributed by atoms with Crippen LogP contribution in [-0.4, -0.2) is 56.5 Å². The number of rotatable bonds is 6. The van der Waals surface area contributed by atoms with E-state index in [0.717, 1.165) is 24.2 Å². The molecule has 0 aromatic heterocycles. The van der Waals surface area contributed by atoms with Crippen molar-refractivity contribution in [1.82, 2.24) is 15.5 Å². The molecule has 2 aromatic rings. The first-order chi connectivity index (χ1) is 14.4. The van der Waals surface area contributed by atoms with Crippen LogP contribution in [0.2, 0.25) is 5.02 Å². The van der Waals surface area contributed by atoms with Gasteiger partial charge >= 0.3 is 0 Å². The fraction of sp³-hybridized carbons (Fsp3) is 0.364. The summed E-state index contributed by atoms with van der Waals surface area (Å²) in [7, 11) is 3.44. The fourth-order valence-corrected chi connectivity index (χ4v) is 3.33. The van der Waals surface area contributed by atoms with Crippen molar-refractivity contribution in [3.05, 3.63) is 64.9 Å². The van der Waals surface area contributed by atoms with Crippen molar-refractivity contribution in [3.8, 4) is 0 Å². The van der Waals surface area contributed by atoms with Gasteiger partial charge in [-0.1, -0.05) is 41.9 Å². The Labute approximate surface area is 204 Å². The van der Waals surface area contributed by atoms with Crippen LogP contribution in [0.4, 0.5) is 10.1 Å². The maximum absolute atomic E-state index is 13.8. The van der Waals surface area contributed by atoms with Crippen molar-refractivity contribution < 1.29 is 9.18 Å². The zero-order valence-electron chi connectivity index (χ0n) is 17.6. The Morgan fingerprint density at radius 2 is 2.00 bits per heavy atom. The lowest BCUT2D eigenvalue weighted by molar-refractivity contribution is -0.127. The lowest BCUT2D eigenvalue weighted by Gasteiger charge is -2.21. The summed E-state index contributed by atoms with van der Waals surface area (Å²) in [6.07, 6.45) is 0.873. The van der Waals surface area contributed by atoms with Gasteiger partial charge in [0.2, 0.25) is 5.91 Å². The molecule has 1 atom stereocenters. The number of nitrogens with one attached hydrogen (secondary N) is 2. The molecule has 2 aromatic carbocycles. The first kappa shape index (κ1) is 25.2. The minimum Gasteiger partial charge on any atom is -0.369 e. The summed E-state index contributed by atoms with van der Waals surface area (Å²) in [5.74, 6) is 0.136. The minimum absolute atomic E-state index is 0. The number of nitrogens with zero attached hydrogens (tertiary/aromatic N) is 3. The number of halogens is 3. The Bertz CT molecular complexity index is 897. The molecule has 0 spiro atoms. The van der Waals surface area contributed by atoms with E-state index in [4.69, 9.17) is 11.6 Å². The van der Waals surface area contributed by atoms with E-state index in [1.54, 1.807) is 20.2 Å². The molecule has 0 aliphatic carbocycles. The largest absolute Gasteiger partial charge is 0.369 e. The molecule has 1 aliphatic rings. The molecule has 1 heterocycles. The second-order valence-corrected chi connectivity index (χ2v) is 7.87. The molecule has 31 heavy (non-hydrogen) atoms. The van der Waals surface area contributed by atoms with Crippen LogP contribution in [-0.2, 0) is 11.3 Å². The van der Waals surface area contributed by atoms with E-state index in [0.29, 0.717) is 19.0 Å². The lowest BCUT2D eigenvalue weighted by Crippen LogP contribution is -2.47. The van der Waals surface area contributed by atoms with Crippen LogP contribution in [0, 0.1) is 5.82 Å². The molecule has 3 rings (SSSR count). The third kappa shape index (κ3) is 7.53. The first-order valence-electron chi connectivity index (χ1n) is 9.91. The van der Waals surface area contributed by atoms with Crippen LogP contribution in [0.25, 0.3) is 0 Å². The van der Waals surface area contributed by atoms with E-state index in [9.17, 15) is 9.18 Å². The van der Waals surface area contributed by atoms with Gasteiger partial charge in [0.15, 0.2) is 5.96 Å². The molecular weight excluding hydrogens is 532 g/mol. The van der Waals surface area contributed by atoms with Crippen LogP contribution in [0.3, 0.4) is 0 Å². The Morgan fingerprint density at radius 3 is 2.68 bits per heavy atom. The molecule has 1 unspecified atom stereocenters. The average Bonchev–Trinajstić information content (AvgIpc) is 3.21. The van der Waals surface area contributed by atoms with E-state index in [2.05, 4.69) is 20.5 Å². The van der Waals surface area contributed by atoms with Gasteiger partial charge in [0.25, 0.3) is 0 Å². The number of aliphatic imine (C=N–C) groups is 1. The van der Waals surface area contributed by atoms with Gasteiger partial charge in [0.1, 0.15) is 5.82 Å². The predicted molar refractivity (Wildman–Crippen MR) is 135 cm³/mol. The number of guanidine groups is 1. The van der Waals surface area contributed by atoms with E-state index in [1.807, 2.05) is 36.4 Å². The number of anilines is 1. The molecule has 6 nitrogen and oxygen atoms in total. The van der Waals surface area contributed by atoms with Gasteiger partial charge in [-0.15, -0.1) is 24.0 Å². The maximum atomic E-state index is 13.8. The Morgan fingerprint density at radius 1 is 1.26 bits per heavy atom. The molecule has 1 saturated heterocycles. The summed E-state index contributed by atoms with van der Waals surface area (Å²) in [6.45, 7) is 2.16. The number of benzene rings is 2. The summed E-state index contributed by atoms with van der Waals surface area (Å²) in [5, 5.41) is 6.66. The normalized spacial score (nSPS) is 15.9. The Hall–Kier alpha value is -2.07. The zero-order chi connectivity index (χ0) is 21.5. The fourth-order valence-electron chi connectivity index (χ4n) is 3.21. The predicted octanol–water partition coefficient (Wildman–Crippen LogP) is 3.50. The molecule has 1 fully saturated rings. The number of hydrogen-bond acceptors (Lipinski definition) is 3. The van der Waals surface area contributed by atoms with Crippen molar-refractivity contribution in [2.45, 2.75) is 19.0 Å². The van der Waals surface area contributed by atoms with Gasteiger partial charge in [0.05, 0.1) is 18.1 Å². The first-order valence-corrected chi connectivity index (χ1v) is 10.3. The monoisotopic (exact) mass is 559 g/mol. The highest BCUT2D eigenvalue weighted by atomic mass is 127. The van der Waals surface area contributed by atoms with Gasteiger partial charge < -0.3 is 20.4 Å². The van der Waals surface area contributed by atoms with Gasteiger partial charge in [-0.3, -0.25) is 4.79 Å². The number of hydrogen-bond donors (Lipinski definition) is 2. The Balaban J connectivity index is 0.00000341. The topological polar surface area (TPSA) is 60.0 Å². The summed E-state index contributed by atoms with van der Waals surface area (Å²) < 4.78 is 13.8. The summed E-state index contributed by atoms with van der Waals surface area (Å²) >= 11 is 5.79. The van der Waals surface area contributed by atoms with E-state index >= 15 is 0 Å². The van der Waals surface area contributed by atoms with Crippen molar-refractivity contribution in [1.29, 1.82) is 0 Å². The molecule has 0 saturated carbocycles. The second kappa shape index (κ2) is 12.1. The molecule has 1 aliphatic heterocycles. The van der Waals surface area contributed by atoms with Crippen LogP contribution >= 0.6 is 35.6 Å². The van der Waals surface area contributed by atoms with E-state index in [1.165, 1.54) is 11.0 Å². The summed E-state index contributed by atoms with van der Waals surface area (Å²) in [6, 6.07) is 14.9. The van der Waals surface area contributed by atoms with Crippen LogP contribution in [0.15, 0.2) is 53.5 Å². The third-order valence-electron chi connectivity index (χ3n) is 4.97. The SMILES string of the molecule is CN(C)C(=O)CNC(=NCc1ccccc1)NC1CCN(c2ccc(Cl)c(F)c2)C1.I. The highest BCUT2D eigenvalue weighted by molar-refractivity contribution is 14.0. The molecule has 2 N–H and O–H groups in total. The number of carbonyl (C=O) groups excluding carboxylic acids is 1. The van der Waals surface area contributed by atoms with Crippen LogP contribution in [0.5, 0.6) is 0 Å².